The highest BCUT2D eigenvalue weighted by atomic mass is 35.5. The van der Waals surface area contributed by atoms with Crippen molar-refractivity contribution in [1.29, 1.82) is 0 Å². The molecular formula is C6H10Cl2OS. The first kappa shape index (κ1) is 8.98. The zero-order valence-corrected chi connectivity index (χ0v) is 8.10. The van der Waals surface area contributed by atoms with Gasteiger partial charge in [0.25, 0.3) is 0 Å². The number of rotatable bonds is 2. The molecular weight excluding hydrogens is 191 g/mol. The summed E-state index contributed by atoms with van der Waals surface area (Å²) in [5.74, 6) is 0. The highest BCUT2D eigenvalue weighted by Crippen LogP contribution is 2.38. The van der Waals surface area contributed by atoms with Crippen molar-refractivity contribution in [2.75, 3.05) is 11.8 Å². The summed E-state index contributed by atoms with van der Waals surface area (Å²) in [4.78, 5) is 0. The molecule has 1 aliphatic heterocycles. The Labute approximate surface area is 75.4 Å². The van der Waals surface area contributed by atoms with Gasteiger partial charge in [-0.05, 0) is 13.3 Å². The van der Waals surface area contributed by atoms with E-state index in [0.29, 0.717) is 10.5 Å². The van der Waals surface area contributed by atoms with Crippen molar-refractivity contribution in [2.24, 2.45) is 0 Å². The third-order valence-corrected chi connectivity index (χ3v) is 3.70. The summed E-state index contributed by atoms with van der Waals surface area (Å²) in [5, 5.41) is 0.460. The maximum absolute atomic E-state index is 6.01. The van der Waals surface area contributed by atoms with Crippen molar-refractivity contribution in [3.63, 3.8) is 0 Å². The van der Waals surface area contributed by atoms with Gasteiger partial charge in [-0.25, -0.2) is 0 Å². The van der Waals surface area contributed by atoms with E-state index in [0.717, 1.165) is 13.0 Å². The molecule has 1 heterocycles. The molecule has 1 aliphatic rings. The Bertz CT molecular complexity index is 118. The quantitative estimate of drug-likeness (QED) is 0.635. The minimum Gasteiger partial charge on any atom is -0.359 e. The number of hydrogen-bond acceptors (Lipinski definition) is 2. The Balaban J connectivity index is 2.43. The lowest BCUT2D eigenvalue weighted by molar-refractivity contribution is 0.0927. The maximum atomic E-state index is 6.01. The molecule has 0 amide bonds. The Morgan fingerprint density at radius 2 is 2.50 bits per heavy atom. The molecule has 2 atom stereocenters. The van der Waals surface area contributed by atoms with E-state index in [-0.39, 0.29) is 0 Å². The van der Waals surface area contributed by atoms with E-state index in [1.807, 2.05) is 6.92 Å². The summed E-state index contributed by atoms with van der Waals surface area (Å²) >= 11 is 13.2. The summed E-state index contributed by atoms with van der Waals surface area (Å²) in [5.41, 5.74) is 0. The topological polar surface area (TPSA) is 9.23 Å². The Kier molecular flexibility index (Phi) is 3.17. The van der Waals surface area contributed by atoms with E-state index in [1.165, 1.54) is 0 Å². The second kappa shape index (κ2) is 3.53. The van der Waals surface area contributed by atoms with Gasteiger partial charge in [-0.15, -0.1) is 23.4 Å². The number of thioether (sulfide) groups is 1. The second-order valence-electron chi connectivity index (χ2n) is 2.39. The molecule has 1 nitrogen and oxygen atoms in total. The minimum absolute atomic E-state index is 0.353. The van der Waals surface area contributed by atoms with Crippen molar-refractivity contribution in [3.05, 3.63) is 0 Å². The summed E-state index contributed by atoms with van der Waals surface area (Å²) in [6.45, 7) is 2.65. The van der Waals surface area contributed by atoms with Crippen LogP contribution in [0.5, 0.6) is 0 Å². The van der Waals surface area contributed by atoms with Gasteiger partial charge >= 0.3 is 0 Å². The summed E-state index contributed by atoms with van der Waals surface area (Å²) < 4.78 is 5.29. The molecule has 0 aromatic heterocycles. The zero-order valence-electron chi connectivity index (χ0n) is 5.77. The third-order valence-electron chi connectivity index (χ3n) is 1.60. The molecule has 4 heteroatoms. The molecule has 2 unspecified atom stereocenters. The largest absolute Gasteiger partial charge is 0.359 e. The molecule has 0 aromatic carbocycles. The molecule has 0 aliphatic carbocycles. The van der Waals surface area contributed by atoms with Gasteiger partial charge in [-0.1, -0.05) is 11.6 Å². The molecule has 0 spiro atoms. The molecule has 0 radical (unpaired) electrons. The molecule has 10 heavy (non-hydrogen) atoms. The van der Waals surface area contributed by atoms with Gasteiger partial charge in [-0.3, -0.25) is 0 Å². The van der Waals surface area contributed by atoms with Gasteiger partial charge in [-0.2, -0.15) is 0 Å². The molecule has 0 saturated carbocycles. The van der Waals surface area contributed by atoms with Crippen LogP contribution in [-0.2, 0) is 4.74 Å². The summed E-state index contributed by atoms with van der Waals surface area (Å²) in [6, 6.07) is 0. The van der Waals surface area contributed by atoms with Crippen LogP contribution < -0.4 is 0 Å². The first-order valence-corrected chi connectivity index (χ1v) is 5.13. The monoisotopic (exact) mass is 200 g/mol. The molecule has 60 valence electrons. The number of halogens is 2. The summed E-state index contributed by atoms with van der Waals surface area (Å²) in [6.07, 6.45) is 1.01. The third kappa shape index (κ3) is 1.94. The molecule has 1 fully saturated rings. The highest BCUT2D eigenvalue weighted by molar-refractivity contribution is 8.01. The van der Waals surface area contributed by atoms with Crippen LogP contribution in [0.25, 0.3) is 0 Å². The van der Waals surface area contributed by atoms with Crippen LogP contribution in [0.1, 0.15) is 13.3 Å². The molecule has 1 saturated heterocycles. The molecule has 0 aromatic rings. The SMILES string of the molecule is CC1(Cl)OCCC1SCCl. The van der Waals surface area contributed by atoms with Gasteiger partial charge in [0.2, 0.25) is 0 Å². The fourth-order valence-electron chi connectivity index (χ4n) is 1.02. The molecule has 0 bridgehead atoms. The number of alkyl halides is 2. The predicted molar refractivity (Wildman–Crippen MR) is 46.9 cm³/mol. The van der Waals surface area contributed by atoms with E-state index >= 15 is 0 Å². The average molecular weight is 201 g/mol. The van der Waals surface area contributed by atoms with E-state index in [2.05, 4.69) is 0 Å². The van der Waals surface area contributed by atoms with Crippen LogP contribution >= 0.6 is 35.0 Å². The van der Waals surface area contributed by atoms with Crippen molar-refractivity contribution >= 4 is 35.0 Å². The summed E-state index contributed by atoms with van der Waals surface area (Å²) in [7, 11) is 0. The molecule has 1 rings (SSSR count). The van der Waals surface area contributed by atoms with Gasteiger partial charge < -0.3 is 4.74 Å². The lowest BCUT2D eigenvalue weighted by Crippen LogP contribution is -2.26. The lowest BCUT2D eigenvalue weighted by Gasteiger charge is -2.21. The van der Waals surface area contributed by atoms with Crippen molar-refractivity contribution in [2.45, 2.75) is 23.7 Å². The molecule has 0 N–H and O–H groups in total. The fraction of sp³-hybridized carbons (Fsp3) is 1.00. The van der Waals surface area contributed by atoms with Crippen molar-refractivity contribution in [1.82, 2.24) is 0 Å². The van der Waals surface area contributed by atoms with E-state index in [4.69, 9.17) is 27.9 Å². The zero-order chi connectivity index (χ0) is 7.61. The Morgan fingerprint density at radius 3 is 2.90 bits per heavy atom. The predicted octanol–water partition coefficient (Wildman–Crippen LogP) is 2.66. The first-order chi connectivity index (χ1) is 4.67. The van der Waals surface area contributed by atoms with Crippen LogP contribution in [0, 0.1) is 0 Å². The highest BCUT2D eigenvalue weighted by Gasteiger charge is 2.38. The van der Waals surface area contributed by atoms with Crippen LogP contribution in [0.3, 0.4) is 0 Å². The normalized spacial score (nSPS) is 40.5. The van der Waals surface area contributed by atoms with Gasteiger partial charge in [0.05, 0.1) is 17.1 Å². The van der Waals surface area contributed by atoms with Crippen LogP contribution in [-0.4, -0.2) is 22.1 Å². The van der Waals surface area contributed by atoms with Crippen molar-refractivity contribution < 1.29 is 4.74 Å². The Hall–Kier alpha value is 0.890. The Morgan fingerprint density at radius 1 is 1.80 bits per heavy atom. The number of ether oxygens (including phenoxy) is 1. The van der Waals surface area contributed by atoms with Crippen molar-refractivity contribution in [3.8, 4) is 0 Å². The standard InChI is InChI=1S/C6H10Cl2OS/c1-6(8)5(10-4-7)2-3-9-6/h5H,2-4H2,1H3. The number of hydrogen-bond donors (Lipinski definition) is 0. The second-order valence-corrected chi connectivity index (χ2v) is 4.91. The fourth-order valence-corrected chi connectivity index (χ4v) is 2.64. The lowest BCUT2D eigenvalue weighted by atomic mass is 10.2. The van der Waals surface area contributed by atoms with Gasteiger partial charge in [0.15, 0.2) is 5.06 Å². The van der Waals surface area contributed by atoms with Crippen LogP contribution in [0.15, 0.2) is 0 Å². The van der Waals surface area contributed by atoms with Gasteiger partial charge in [0.1, 0.15) is 0 Å². The minimum atomic E-state index is -0.487. The van der Waals surface area contributed by atoms with Gasteiger partial charge in [0, 0.05) is 0 Å². The van der Waals surface area contributed by atoms with Crippen LogP contribution in [0.4, 0.5) is 0 Å². The van der Waals surface area contributed by atoms with E-state index in [9.17, 15) is 0 Å². The van der Waals surface area contributed by atoms with E-state index < -0.39 is 5.06 Å². The smallest absolute Gasteiger partial charge is 0.150 e. The maximum Gasteiger partial charge on any atom is 0.150 e. The average Bonchev–Trinajstić information content (AvgIpc) is 2.13. The first-order valence-electron chi connectivity index (χ1n) is 3.17. The van der Waals surface area contributed by atoms with E-state index in [1.54, 1.807) is 11.8 Å². The van der Waals surface area contributed by atoms with Crippen LogP contribution in [0.2, 0.25) is 0 Å².